The number of carboxylic acid groups (broad SMARTS) is 4. The van der Waals surface area contributed by atoms with Crippen molar-refractivity contribution in [3.63, 3.8) is 0 Å². The number of carboxylic acids is 4. The molecular formula is C17H26N4O11S. The number of aliphatic carboxylic acids is 4. The van der Waals surface area contributed by atoms with Gasteiger partial charge in [0.1, 0.15) is 18.1 Å². The highest BCUT2D eigenvalue weighted by Crippen LogP contribution is 2.05. The van der Waals surface area contributed by atoms with Crippen LogP contribution >= 0.6 is 12.6 Å². The number of nitrogens with two attached hydrogens (primary N) is 1. The molecular weight excluding hydrogens is 468 g/mol. The molecule has 0 aromatic heterocycles. The summed E-state index contributed by atoms with van der Waals surface area (Å²) in [7, 11) is 0. The van der Waals surface area contributed by atoms with Crippen molar-refractivity contribution >= 4 is 54.2 Å². The van der Waals surface area contributed by atoms with Crippen molar-refractivity contribution in [3.8, 4) is 0 Å². The zero-order valence-corrected chi connectivity index (χ0v) is 18.1. The minimum Gasteiger partial charge on any atom is -0.481 e. The van der Waals surface area contributed by atoms with E-state index in [-0.39, 0.29) is 5.75 Å². The van der Waals surface area contributed by atoms with Crippen LogP contribution in [0.2, 0.25) is 0 Å². The second kappa shape index (κ2) is 14.6. The van der Waals surface area contributed by atoms with E-state index in [9.17, 15) is 33.6 Å². The van der Waals surface area contributed by atoms with Gasteiger partial charge < -0.3 is 42.1 Å². The van der Waals surface area contributed by atoms with Crippen LogP contribution in [0.4, 0.5) is 0 Å². The van der Waals surface area contributed by atoms with Crippen molar-refractivity contribution in [2.75, 3.05) is 5.75 Å². The van der Waals surface area contributed by atoms with E-state index in [0.29, 0.717) is 0 Å². The van der Waals surface area contributed by atoms with Crippen LogP contribution in [-0.2, 0) is 33.6 Å². The van der Waals surface area contributed by atoms with Crippen LogP contribution in [0.25, 0.3) is 0 Å². The standard InChI is InChI=1S/C17H26N4O11S/c18-7(6-33)14(28)21-10(5-13(26)27)16(30)19-8(1-3-11(22)23)15(29)20-9(17(31)32)2-4-12(24)25/h7-10,33H,1-6,18H2,(H,19,30)(H,20,29)(H,21,28)(H,22,23)(H,24,25)(H,26,27)(H,31,32). The van der Waals surface area contributed by atoms with Crippen molar-refractivity contribution < 1.29 is 54.0 Å². The Balaban J connectivity index is 5.56. The predicted molar refractivity (Wildman–Crippen MR) is 111 cm³/mol. The molecule has 0 bridgehead atoms. The first kappa shape index (κ1) is 29.6. The largest absolute Gasteiger partial charge is 0.481 e. The molecule has 186 valence electrons. The third-order valence-corrected chi connectivity index (χ3v) is 4.48. The van der Waals surface area contributed by atoms with Gasteiger partial charge in [-0.3, -0.25) is 28.8 Å². The summed E-state index contributed by atoms with van der Waals surface area (Å²) in [6.45, 7) is 0. The molecule has 16 heteroatoms. The van der Waals surface area contributed by atoms with Gasteiger partial charge in [0, 0.05) is 18.6 Å². The highest BCUT2D eigenvalue weighted by molar-refractivity contribution is 7.80. The Kier molecular flexibility index (Phi) is 13.1. The maximum absolute atomic E-state index is 12.5. The second-order valence-corrected chi connectivity index (χ2v) is 7.14. The molecule has 9 N–H and O–H groups in total. The normalized spacial score (nSPS) is 14.1. The van der Waals surface area contributed by atoms with E-state index in [1.54, 1.807) is 0 Å². The van der Waals surface area contributed by atoms with Gasteiger partial charge in [0.15, 0.2) is 0 Å². The Morgan fingerprint density at radius 1 is 0.667 bits per heavy atom. The number of carbonyl (C=O) groups is 7. The van der Waals surface area contributed by atoms with E-state index >= 15 is 0 Å². The molecule has 0 aliphatic rings. The summed E-state index contributed by atoms with van der Waals surface area (Å²) in [5, 5.41) is 41.9. The fourth-order valence-electron chi connectivity index (χ4n) is 2.35. The Hall–Kier alpha value is -3.40. The van der Waals surface area contributed by atoms with Gasteiger partial charge in [0.25, 0.3) is 0 Å². The Morgan fingerprint density at radius 2 is 1.09 bits per heavy atom. The molecule has 0 aromatic rings. The monoisotopic (exact) mass is 494 g/mol. The molecule has 0 aromatic carbocycles. The van der Waals surface area contributed by atoms with Crippen LogP contribution in [0.3, 0.4) is 0 Å². The first-order chi connectivity index (χ1) is 15.3. The Bertz CT molecular complexity index is 776. The van der Waals surface area contributed by atoms with E-state index in [1.165, 1.54) is 0 Å². The molecule has 0 saturated carbocycles. The number of rotatable bonds is 16. The van der Waals surface area contributed by atoms with Gasteiger partial charge in [0.05, 0.1) is 12.5 Å². The third-order valence-electron chi connectivity index (χ3n) is 4.09. The third kappa shape index (κ3) is 12.3. The summed E-state index contributed by atoms with van der Waals surface area (Å²) >= 11 is 3.81. The van der Waals surface area contributed by atoms with Gasteiger partial charge in [-0.1, -0.05) is 0 Å². The zero-order chi connectivity index (χ0) is 25.7. The van der Waals surface area contributed by atoms with E-state index in [0.717, 1.165) is 0 Å². The van der Waals surface area contributed by atoms with Crippen molar-refractivity contribution in [1.29, 1.82) is 0 Å². The molecule has 0 radical (unpaired) electrons. The molecule has 4 unspecified atom stereocenters. The number of carbonyl (C=O) groups excluding carboxylic acids is 3. The van der Waals surface area contributed by atoms with E-state index in [1.807, 2.05) is 5.32 Å². The van der Waals surface area contributed by atoms with E-state index in [4.69, 9.17) is 26.2 Å². The molecule has 0 aliphatic carbocycles. The summed E-state index contributed by atoms with van der Waals surface area (Å²) < 4.78 is 0. The fraction of sp³-hybridized carbons (Fsp3) is 0.588. The Morgan fingerprint density at radius 3 is 1.52 bits per heavy atom. The smallest absolute Gasteiger partial charge is 0.326 e. The van der Waals surface area contributed by atoms with Gasteiger partial charge in [-0.15, -0.1) is 0 Å². The van der Waals surface area contributed by atoms with Crippen molar-refractivity contribution in [3.05, 3.63) is 0 Å². The quantitative estimate of drug-likeness (QED) is 0.0971. The number of hydrogen-bond donors (Lipinski definition) is 9. The lowest BCUT2D eigenvalue weighted by atomic mass is 10.1. The maximum atomic E-state index is 12.5. The molecule has 0 rings (SSSR count). The zero-order valence-electron chi connectivity index (χ0n) is 17.2. The lowest BCUT2D eigenvalue weighted by Gasteiger charge is -2.24. The molecule has 0 saturated heterocycles. The maximum Gasteiger partial charge on any atom is 0.326 e. The fourth-order valence-corrected chi connectivity index (χ4v) is 2.52. The second-order valence-electron chi connectivity index (χ2n) is 6.77. The summed E-state index contributed by atoms with van der Waals surface area (Å²) in [6, 6.07) is -6.15. The number of amides is 3. The first-order valence-corrected chi connectivity index (χ1v) is 10.1. The van der Waals surface area contributed by atoms with E-state index < -0.39 is 97.9 Å². The van der Waals surface area contributed by atoms with Crippen LogP contribution < -0.4 is 21.7 Å². The number of nitrogens with one attached hydrogen (secondary N) is 3. The van der Waals surface area contributed by atoms with Gasteiger partial charge >= 0.3 is 23.9 Å². The molecule has 33 heavy (non-hydrogen) atoms. The van der Waals surface area contributed by atoms with Gasteiger partial charge in [-0.25, -0.2) is 4.79 Å². The molecule has 0 heterocycles. The minimum atomic E-state index is -1.69. The van der Waals surface area contributed by atoms with Crippen LogP contribution in [0, 0.1) is 0 Å². The van der Waals surface area contributed by atoms with Crippen molar-refractivity contribution in [2.45, 2.75) is 56.3 Å². The van der Waals surface area contributed by atoms with Gasteiger partial charge in [-0.05, 0) is 12.8 Å². The highest BCUT2D eigenvalue weighted by atomic mass is 32.1. The topological polar surface area (TPSA) is 263 Å². The lowest BCUT2D eigenvalue weighted by molar-refractivity contribution is -0.144. The van der Waals surface area contributed by atoms with Crippen molar-refractivity contribution in [2.24, 2.45) is 5.73 Å². The van der Waals surface area contributed by atoms with Crippen LogP contribution in [0.15, 0.2) is 0 Å². The van der Waals surface area contributed by atoms with Gasteiger partial charge in [-0.2, -0.15) is 12.6 Å². The van der Waals surface area contributed by atoms with Crippen LogP contribution in [0.1, 0.15) is 32.1 Å². The highest BCUT2D eigenvalue weighted by Gasteiger charge is 2.31. The van der Waals surface area contributed by atoms with Crippen LogP contribution in [-0.4, -0.2) is 91.9 Å². The summed E-state index contributed by atoms with van der Waals surface area (Å²) in [5.41, 5.74) is 5.46. The average molecular weight is 494 g/mol. The minimum absolute atomic E-state index is 0.121. The molecule has 0 aliphatic heterocycles. The summed E-state index contributed by atoms with van der Waals surface area (Å²) in [5.74, 6) is -9.06. The summed E-state index contributed by atoms with van der Waals surface area (Å²) in [4.78, 5) is 80.9. The average Bonchev–Trinajstić information content (AvgIpc) is 2.71. The molecule has 0 fully saturated rings. The SMILES string of the molecule is NC(CS)C(=O)NC(CC(=O)O)C(=O)NC(CCC(=O)O)C(=O)NC(CCC(=O)O)C(=O)O. The summed E-state index contributed by atoms with van der Waals surface area (Å²) in [6.07, 6.45) is -3.13. The molecule has 15 nitrogen and oxygen atoms in total. The Labute approximate surface area is 192 Å². The lowest BCUT2D eigenvalue weighted by Crippen LogP contribution is -2.57. The number of thiol groups is 1. The van der Waals surface area contributed by atoms with Crippen molar-refractivity contribution in [1.82, 2.24) is 16.0 Å². The first-order valence-electron chi connectivity index (χ1n) is 9.44. The van der Waals surface area contributed by atoms with Crippen LogP contribution in [0.5, 0.6) is 0 Å². The molecule has 4 atom stereocenters. The molecule has 3 amide bonds. The molecule has 0 spiro atoms. The predicted octanol–water partition coefficient (Wildman–Crippen LogP) is -3.01. The van der Waals surface area contributed by atoms with Gasteiger partial charge in [0.2, 0.25) is 17.7 Å². The number of hydrogen-bond acceptors (Lipinski definition) is 9. The van der Waals surface area contributed by atoms with E-state index in [2.05, 4.69) is 23.3 Å².